The van der Waals surface area contributed by atoms with Crippen LogP contribution in [0.5, 0.6) is 34.5 Å². The number of carboxylic acid groups (broad SMARTS) is 6. The molecule has 0 amide bonds. The number of hydrogen-bond donors (Lipinski definition) is 0. The van der Waals surface area contributed by atoms with Crippen LogP contribution in [0.2, 0.25) is 0 Å². The van der Waals surface area contributed by atoms with Gasteiger partial charge in [-0.2, -0.15) is 0 Å². The normalized spacial score (nSPS) is 11.5. The molecule has 0 unspecified atom stereocenters. The summed E-state index contributed by atoms with van der Waals surface area (Å²) in [4.78, 5) is 79.0. The van der Waals surface area contributed by atoms with Gasteiger partial charge in [-0.1, -0.05) is 158 Å². The molecule has 516 valence electrons. The van der Waals surface area contributed by atoms with E-state index in [1.54, 1.807) is 170 Å². The van der Waals surface area contributed by atoms with Gasteiger partial charge in [-0.3, -0.25) is 19.9 Å². The van der Waals surface area contributed by atoms with Crippen molar-refractivity contribution in [1.29, 1.82) is 0 Å². The third-order valence-electron chi connectivity index (χ3n) is 13.0. The number of carbonyl (C=O) groups is 6. The molecule has 0 fully saturated rings. The van der Waals surface area contributed by atoms with Crippen molar-refractivity contribution in [1.82, 2.24) is 19.9 Å². The van der Waals surface area contributed by atoms with E-state index in [1.165, 1.54) is 41.5 Å². The van der Waals surface area contributed by atoms with Gasteiger partial charge in [0.2, 0.25) is 0 Å². The summed E-state index contributed by atoms with van der Waals surface area (Å²) < 4.78 is 30.1. The van der Waals surface area contributed by atoms with E-state index in [0.717, 1.165) is 43.6 Å². The van der Waals surface area contributed by atoms with Crippen LogP contribution >= 0.6 is 0 Å². The Bertz CT molecular complexity index is 3760. The van der Waals surface area contributed by atoms with Gasteiger partial charge in [0.1, 0.15) is 71.1 Å². The molecular weight excluding hydrogens is 1560 g/mol. The third-order valence-corrected chi connectivity index (χ3v) is 13.0. The summed E-state index contributed by atoms with van der Waals surface area (Å²) in [6.07, 6.45) is 1.75. The minimum Gasteiger partial charge on any atom is -0.546 e. The maximum atomic E-state index is 10.3. The second-order valence-corrected chi connectivity index (χ2v) is 20.8. The predicted molar refractivity (Wildman–Crippen MR) is 363 cm³/mol. The molecule has 0 radical (unpaired) electrons. The Hall–Kier alpha value is -10.6. The first-order valence-electron chi connectivity index (χ1n) is 30.8. The van der Waals surface area contributed by atoms with Crippen LogP contribution in [-0.2, 0) is 28.8 Å². The SMILES string of the molecule is C[C@@H](Oc1ccccc1)C(=O)[O-].C[C@@H](Oc1ccccc1)C(=O)[O-].C[C@@H](Oc1ccccc1)C(=O)[O-].C[C@H](Oc1ccccc1)C(=O)[O-].C[C@H](Oc1ccccc1)C(=O)[O-].C[C@H](Oc1ccccc1)C(=O)[O-].[La+3].[La+3].c1cnc2c(c1)ccc1cccnc12.c1cnc2c(c1)ccc1cccnc12. The molecule has 0 aliphatic carbocycles. The number of carboxylic acids is 6. The van der Waals surface area contributed by atoms with Gasteiger partial charge in [-0.05, 0) is 139 Å². The Morgan fingerprint density at radius 1 is 0.225 bits per heavy atom. The van der Waals surface area contributed by atoms with Gasteiger partial charge in [-0.25, -0.2) is 0 Å². The Kier molecular flexibility index (Phi) is 39.8. The van der Waals surface area contributed by atoms with Gasteiger partial charge in [0.25, 0.3) is 0 Å². The number of rotatable bonds is 18. The average molecular weight is 1630 g/mol. The Morgan fingerprint density at radius 2 is 0.363 bits per heavy atom. The monoisotopic (exact) mass is 1630 g/mol. The Labute approximate surface area is 645 Å². The molecular formula is C78H70La2N4O18. The van der Waals surface area contributed by atoms with Crippen LogP contribution in [-0.4, -0.2) is 92.4 Å². The summed E-state index contributed by atoms with van der Waals surface area (Å²) in [5.41, 5.74) is 3.91. The molecule has 0 saturated carbocycles. The van der Waals surface area contributed by atoms with Crippen molar-refractivity contribution in [2.24, 2.45) is 0 Å². The largest absolute Gasteiger partial charge is 3.00 e. The Balaban J connectivity index is 0.000000303. The number of aliphatic carboxylic acids is 6. The molecule has 0 aliphatic heterocycles. The van der Waals surface area contributed by atoms with Crippen LogP contribution in [0.25, 0.3) is 43.6 Å². The molecule has 4 heterocycles. The van der Waals surface area contributed by atoms with E-state index >= 15 is 0 Å². The molecule has 22 nitrogen and oxygen atoms in total. The van der Waals surface area contributed by atoms with Gasteiger partial charge in [0.05, 0.1) is 57.9 Å². The molecule has 4 aromatic heterocycles. The fraction of sp³-hybridized carbons (Fsp3) is 0.154. The molecule has 0 N–H and O–H groups in total. The van der Waals surface area contributed by atoms with E-state index in [4.69, 9.17) is 28.4 Å². The number of ether oxygens (including phenoxy) is 6. The fourth-order valence-electron chi connectivity index (χ4n) is 7.87. The minimum absolute atomic E-state index is 0. The zero-order valence-electron chi connectivity index (χ0n) is 56.3. The van der Waals surface area contributed by atoms with Gasteiger partial charge in [-0.15, -0.1) is 0 Å². The molecule has 24 heteroatoms. The van der Waals surface area contributed by atoms with Crippen molar-refractivity contribution in [3.63, 3.8) is 0 Å². The van der Waals surface area contributed by atoms with Crippen LogP contribution in [0.4, 0.5) is 0 Å². The minimum atomic E-state index is -1.21. The van der Waals surface area contributed by atoms with Crippen molar-refractivity contribution in [2.45, 2.75) is 78.2 Å². The number of hydrogen-bond acceptors (Lipinski definition) is 22. The Morgan fingerprint density at radius 3 is 0.490 bits per heavy atom. The van der Waals surface area contributed by atoms with E-state index < -0.39 is 72.4 Å². The van der Waals surface area contributed by atoms with E-state index in [2.05, 4.69) is 68.5 Å². The van der Waals surface area contributed by atoms with Crippen molar-refractivity contribution >= 4 is 79.4 Å². The number of para-hydroxylation sites is 6. The smallest absolute Gasteiger partial charge is 0.546 e. The first-order valence-corrected chi connectivity index (χ1v) is 30.8. The summed E-state index contributed by atoms with van der Waals surface area (Å²) >= 11 is 0. The van der Waals surface area contributed by atoms with Gasteiger partial charge in [0, 0.05) is 46.3 Å². The molecule has 0 bridgehead atoms. The molecule has 0 saturated heterocycles. The number of fused-ring (bicyclic) bond motifs is 6. The van der Waals surface area contributed by atoms with Crippen LogP contribution in [0.1, 0.15) is 41.5 Å². The number of pyridine rings is 4. The maximum Gasteiger partial charge on any atom is 3.00 e. The summed E-state index contributed by atoms with van der Waals surface area (Å²) in [5, 5.41) is 66.2. The predicted octanol–water partition coefficient (Wildman–Crippen LogP) is 6.79. The van der Waals surface area contributed by atoms with E-state index in [0.29, 0.717) is 34.5 Å². The molecule has 12 aromatic rings. The van der Waals surface area contributed by atoms with Crippen molar-refractivity contribution in [3.05, 3.63) is 280 Å². The number of carbonyl (C=O) groups excluding carboxylic acids is 6. The molecule has 102 heavy (non-hydrogen) atoms. The number of benzene rings is 8. The quantitative estimate of drug-likeness (QED) is 0.0798. The topological polar surface area (TPSA) is 348 Å². The van der Waals surface area contributed by atoms with Gasteiger partial charge in [0.15, 0.2) is 0 Å². The third kappa shape index (κ3) is 32.2. The van der Waals surface area contributed by atoms with Crippen molar-refractivity contribution in [2.75, 3.05) is 0 Å². The summed E-state index contributed by atoms with van der Waals surface area (Å²) in [6.45, 7) is 8.60. The summed E-state index contributed by atoms with van der Waals surface area (Å²) in [6, 6.07) is 76.9. The second-order valence-electron chi connectivity index (χ2n) is 20.8. The number of nitrogens with zero attached hydrogens (tertiary/aromatic N) is 4. The molecule has 0 spiro atoms. The van der Waals surface area contributed by atoms with Crippen LogP contribution in [0, 0.1) is 71.2 Å². The number of aromatic nitrogens is 4. The molecule has 12 rings (SSSR count). The maximum absolute atomic E-state index is 10.3. The van der Waals surface area contributed by atoms with Crippen LogP contribution in [0.3, 0.4) is 0 Å². The molecule has 6 atom stereocenters. The first-order chi connectivity index (χ1) is 48.1. The van der Waals surface area contributed by atoms with E-state index in [-0.39, 0.29) is 71.2 Å². The van der Waals surface area contributed by atoms with Crippen molar-refractivity contribution in [3.8, 4) is 34.5 Å². The standard InChI is InChI=1S/2C12H8N2.6C9H10O3.2La/c2*1-3-9-5-6-10-4-2-8-14-12(10)11(9)13-7-1;6*1-7(9(10)11)12-8-5-3-2-4-6-8;;/h2*1-8H;6*2-7H,1H3,(H,10,11);;/q;;;;;;;;2*+3/p-6/t;;6*7-;;/m..111000../s1. The first kappa shape index (κ1) is 85.6. The van der Waals surface area contributed by atoms with Gasteiger partial charge >= 0.3 is 71.2 Å². The van der Waals surface area contributed by atoms with Crippen LogP contribution in [0.15, 0.2) is 280 Å². The zero-order chi connectivity index (χ0) is 72.6. The van der Waals surface area contributed by atoms with Crippen molar-refractivity contribution < 1.29 is 159 Å². The van der Waals surface area contributed by atoms with E-state index in [9.17, 15) is 59.4 Å². The molecule has 0 aliphatic rings. The fourth-order valence-corrected chi connectivity index (χ4v) is 7.87. The second kappa shape index (κ2) is 47.5. The van der Waals surface area contributed by atoms with Crippen LogP contribution < -0.4 is 59.1 Å². The molecule has 8 aromatic carbocycles. The average Bonchev–Trinajstić information content (AvgIpc) is 0.805. The summed E-state index contributed by atoms with van der Waals surface area (Å²) in [5.74, 6) is -4.04. The zero-order valence-corrected chi connectivity index (χ0v) is 63.6. The van der Waals surface area contributed by atoms with Gasteiger partial charge < -0.3 is 87.8 Å². The summed E-state index contributed by atoms with van der Waals surface area (Å²) in [7, 11) is 0. The van der Waals surface area contributed by atoms with E-state index in [1.807, 2.05) is 60.7 Å².